The maximum atomic E-state index is 11.4. The van der Waals surface area contributed by atoms with E-state index in [0.29, 0.717) is 5.69 Å². The first kappa shape index (κ1) is 13.8. The molecule has 1 aromatic carbocycles. The van der Waals surface area contributed by atoms with E-state index in [1.165, 1.54) is 12.1 Å². The fourth-order valence-electron chi connectivity index (χ4n) is 1.22. The van der Waals surface area contributed by atoms with Crippen molar-refractivity contribution in [1.29, 1.82) is 0 Å². The minimum atomic E-state index is -3.87. The summed E-state index contributed by atoms with van der Waals surface area (Å²) in [4.78, 5) is 3.64. The van der Waals surface area contributed by atoms with Gasteiger partial charge in [0.2, 0.25) is 10.0 Å². The number of benzene rings is 1. The lowest BCUT2D eigenvalue weighted by Gasteiger charge is -2.14. The lowest BCUT2D eigenvalue weighted by molar-refractivity contribution is 0.237. The molecule has 7 heteroatoms. The molecule has 0 aliphatic rings. The van der Waals surface area contributed by atoms with Crippen LogP contribution < -0.4 is 9.88 Å². The highest BCUT2D eigenvalue weighted by molar-refractivity contribution is 7.89. The van der Waals surface area contributed by atoms with Gasteiger partial charge in [0.15, 0.2) is 5.75 Å². The molecule has 0 saturated heterocycles. The minimum Gasteiger partial charge on any atom is -0.487 e. The molecule has 17 heavy (non-hydrogen) atoms. The molecule has 0 radical (unpaired) electrons. The summed E-state index contributed by atoms with van der Waals surface area (Å²) >= 11 is 4.49. The Labute approximate surface area is 105 Å². The molecule has 0 unspecified atom stereocenters. The predicted octanol–water partition coefficient (Wildman–Crippen LogP) is 1.86. The van der Waals surface area contributed by atoms with E-state index in [-0.39, 0.29) is 16.7 Å². The minimum absolute atomic E-state index is 0.0994. The molecule has 0 aromatic heterocycles. The molecule has 0 aliphatic heterocycles. The van der Waals surface area contributed by atoms with Crippen LogP contribution >= 0.6 is 12.2 Å². The highest BCUT2D eigenvalue weighted by Crippen LogP contribution is 2.34. The van der Waals surface area contributed by atoms with Crippen LogP contribution in [0.25, 0.3) is 0 Å². The third-order valence-electron chi connectivity index (χ3n) is 1.78. The zero-order valence-electron chi connectivity index (χ0n) is 9.38. The van der Waals surface area contributed by atoms with Gasteiger partial charge in [-0.05, 0) is 38.2 Å². The standard InChI is InChI=1S/C10H12N2O3S2/c1-7(2)15-10-8(12-6-16)4-3-5-9(10)17(11,13)14/h3-5,7H,1-2H3,(H2,11,13,14). The number of isothiocyanates is 1. The molecule has 0 saturated carbocycles. The molecule has 5 nitrogen and oxygen atoms in total. The van der Waals surface area contributed by atoms with Crippen LogP contribution in [-0.2, 0) is 10.0 Å². The van der Waals surface area contributed by atoms with E-state index in [2.05, 4.69) is 22.4 Å². The van der Waals surface area contributed by atoms with Crippen molar-refractivity contribution in [2.75, 3.05) is 0 Å². The van der Waals surface area contributed by atoms with Gasteiger partial charge in [-0.3, -0.25) is 0 Å². The van der Waals surface area contributed by atoms with E-state index in [9.17, 15) is 8.42 Å². The lowest BCUT2D eigenvalue weighted by atomic mass is 10.3. The monoisotopic (exact) mass is 272 g/mol. The van der Waals surface area contributed by atoms with E-state index in [4.69, 9.17) is 9.88 Å². The summed E-state index contributed by atoms with van der Waals surface area (Å²) in [7, 11) is -3.87. The predicted molar refractivity (Wildman–Crippen MR) is 68.3 cm³/mol. The molecule has 1 rings (SSSR count). The van der Waals surface area contributed by atoms with Gasteiger partial charge in [0, 0.05) is 0 Å². The third-order valence-corrected chi connectivity index (χ3v) is 2.81. The summed E-state index contributed by atoms with van der Waals surface area (Å²) in [6, 6.07) is 4.44. The molecule has 0 heterocycles. The van der Waals surface area contributed by atoms with Gasteiger partial charge in [0.25, 0.3) is 0 Å². The Morgan fingerprint density at radius 2 is 2.12 bits per heavy atom. The maximum absolute atomic E-state index is 11.4. The second-order valence-electron chi connectivity index (χ2n) is 3.52. The molecule has 0 amide bonds. The molecule has 0 spiro atoms. The second kappa shape index (κ2) is 5.37. The normalized spacial score (nSPS) is 11.1. The first-order valence-corrected chi connectivity index (χ1v) is 6.72. The number of para-hydroxylation sites is 1. The first-order valence-electron chi connectivity index (χ1n) is 4.76. The SMILES string of the molecule is CC(C)Oc1c(N=C=S)cccc1S(N)(=O)=O. The highest BCUT2D eigenvalue weighted by atomic mass is 32.2. The van der Waals surface area contributed by atoms with Crippen LogP contribution in [0.1, 0.15) is 13.8 Å². The van der Waals surface area contributed by atoms with Crippen molar-refractivity contribution in [1.82, 2.24) is 0 Å². The van der Waals surface area contributed by atoms with Crippen LogP contribution in [0.4, 0.5) is 5.69 Å². The number of sulfonamides is 1. The summed E-state index contributed by atoms with van der Waals surface area (Å²) in [6.07, 6.45) is -0.211. The number of thiocarbonyl (C=S) groups is 1. The largest absolute Gasteiger partial charge is 0.487 e. The van der Waals surface area contributed by atoms with E-state index in [1.807, 2.05) is 0 Å². The van der Waals surface area contributed by atoms with Crippen molar-refractivity contribution in [3.8, 4) is 5.75 Å². The summed E-state index contributed by atoms with van der Waals surface area (Å²) in [5, 5.41) is 7.27. The topological polar surface area (TPSA) is 81.8 Å². The number of nitrogens with zero attached hydrogens (tertiary/aromatic N) is 1. The first-order chi connectivity index (χ1) is 7.86. The molecule has 0 fully saturated rings. The average molecular weight is 272 g/mol. The number of aliphatic imine (C=N–C) groups is 1. The molecule has 0 bridgehead atoms. The maximum Gasteiger partial charge on any atom is 0.241 e. The van der Waals surface area contributed by atoms with Crippen LogP contribution in [0, 0.1) is 0 Å². The number of primary sulfonamides is 1. The Hall–Kier alpha value is -1.27. The van der Waals surface area contributed by atoms with Gasteiger partial charge in [0.1, 0.15) is 10.6 Å². The van der Waals surface area contributed by atoms with E-state index in [0.717, 1.165) is 0 Å². The Morgan fingerprint density at radius 3 is 2.59 bits per heavy atom. The lowest BCUT2D eigenvalue weighted by Crippen LogP contribution is -2.16. The van der Waals surface area contributed by atoms with Crippen molar-refractivity contribution in [2.45, 2.75) is 24.8 Å². The number of ether oxygens (including phenoxy) is 1. The number of hydrogen-bond acceptors (Lipinski definition) is 5. The summed E-state index contributed by atoms with van der Waals surface area (Å²) in [6.45, 7) is 3.54. The van der Waals surface area contributed by atoms with Crippen LogP contribution in [-0.4, -0.2) is 19.7 Å². The van der Waals surface area contributed by atoms with Crippen molar-refractivity contribution >= 4 is 33.1 Å². The summed E-state index contributed by atoms with van der Waals surface area (Å²) < 4.78 is 28.2. The van der Waals surface area contributed by atoms with E-state index in [1.54, 1.807) is 19.9 Å². The van der Waals surface area contributed by atoms with Gasteiger partial charge in [-0.25, -0.2) is 13.6 Å². The molecular weight excluding hydrogens is 260 g/mol. The van der Waals surface area contributed by atoms with E-state index < -0.39 is 10.0 Å². The van der Waals surface area contributed by atoms with Gasteiger partial charge in [-0.1, -0.05) is 6.07 Å². The zero-order chi connectivity index (χ0) is 13.1. The molecule has 1 aromatic rings. The quantitative estimate of drug-likeness (QED) is 0.670. The fraction of sp³-hybridized carbons (Fsp3) is 0.300. The Morgan fingerprint density at radius 1 is 1.47 bits per heavy atom. The molecule has 92 valence electrons. The van der Waals surface area contributed by atoms with Crippen LogP contribution in [0.3, 0.4) is 0 Å². The number of rotatable bonds is 4. The van der Waals surface area contributed by atoms with Gasteiger partial charge in [0.05, 0.1) is 11.3 Å². The van der Waals surface area contributed by atoms with Gasteiger partial charge < -0.3 is 4.74 Å². The number of hydrogen-bond donors (Lipinski definition) is 1. The van der Waals surface area contributed by atoms with Crippen molar-refractivity contribution in [3.05, 3.63) is 18.2 Å². The van der Waals surface area contributed by atoms with Gasteiger partial charge >= 0.3 is 0 Å². The summed E-state index contributed by atoms with van der Waals surface area (Å²) in [5.41, 5.74) is 0.292. The van der Waals surface area contributed by atoms with Gasteiger partial charge in [-0.15, -0.1) is 0 Å². The van der Waals surface area contributed by atoms with Gasteiger partial charge in [-0.2, -0.15) is 4.99 Å². The van der Waals surface area contributed by atoms with Crippen molar-refractivity contribution < 1.29 is 13.2 Å². The summed E-state index contributed by atoms with van der Waals surface area (Å²) in [5.74, 6) is 0.0994. The van der Waals surface area contributed by atoms with Crippen molar-refractivity contribution in [3.63, 3.8) is 0 Å². The van der Waals surface area contributed by atoms with Crippen LogP contribution in [0.15, 0.2) is 28.1 Å². The fourth-order valence-corrected chi connectivity index (χ4v) is 2.00. The van der Waals surface area contributed by atoms with Crippen molar-refractivity contribution in [2.24, 2.45) is 10.1 Å². The molecular formula is C10H12N2O3S2. The van der Waals surface area contributed by atoms with E-state index >= 15 is 0 Å². The Bertz CT molecular complexity index is 561. The average Bonchev–Trinajstić information content (AvgIpc) is 2.18. The van der Waals surface area contributed by atoms with Crippen LogP contribution in [0.2, 0.25) is 0 Å². The molecule has 0 aliphatic carbocycles. The Balaban J connectivity index is 3.50. The smallest absolute Gasteiger partial charge is 0.241 e. The van der Waals surface area contributed by atoms with Crippen LogP contribution in [0.5, 0.6) is 5.75 Å². The number of nitrogens with two attached hydrogens (primary N) is 1. The highest BCUT2D eigenvalue weighted by Gasteiger charge is 2.19. The Kier molecular flexibility index (Phi) is 4.36. The zero-order valence-corrected chi connectivity index (χ0v) is 11.0. The molecule has 0 atom stereocenters. The third kappa shape index (κ3) is 3.61. The second-order valence-corrected chi connectivity index (χ2v) is 5.23. The molecule has 2 N–H and O–H groups in total.